The van der Waals surface area contributed by atoms with Gasteiger partial charge >= 0.3 is 9.17 Å². The lowest BCUT2D eigenvalue weighted by Crippen LogP contribution is -2.19. The zero-order chi connectivity index (χ0) is 13.0. The molecular weight excluding hydrogens is 253 g/mol. The summed E-state index contributed by atoms with van der Waals surface area (Å²) in [6.07, 6.45) is 0. The van der Waals surface area contributed by atoms with E-state index in [1.807, 2.05) is 6.07 Å². The summed E-state index contributed by atoms with van der Waals surface area (Å²) >= 11 is 0. The molecule has 4 nitrogen and oxygen atoms in total. The fraction of sp³-hybridized carbons (Fsp3) is 0. The molecule has 0 radical (unpaired) electrons. The number of hydrogen-bond acceptors (Lipinski definition) is 4. The van der Waals surface area contributed by atoms with Gasteiger partial charge in [0.25, 0.3) is 0 Å². The van der Waals surface area contributed by atoms with Crippen LogP contribution in [0.5, 0.6) is 11.5 Å². The molecule has 0 saturated heterocycles. The Bertz CT molecular complexity index is 563. The molecule has 0 aliphatic rings. The lowest BCUT2D eigenvalue weighted by molar-refractivity contribution is 0.347. The van der Waals surface area contributed by atoms with Crippen molar-refractivity contribution >= 4 is 14.9 Å². The van der Waals surface area contributed by atoms with E-state index in [9.17, 15) is 8.85 Å². The van der Waals surface area contributed by atoms with Gasteiger partial charge in [-0.3, -0.25) is 4.46 Å². The number of para-hydroxylation sites is 1. The molecule has 0 amide bonds. The van der Waals surface area contributed by atoms with E-state index in [4.69, 9.17) is 14.6 Å². The summed E-state index contributed by atoms with van der Waals surface area (Å²) in [5, 5.41) is 0. The highest BCUT2D eigenvalue weighted by Crippen LogP contribution is 2.22. The first-order chi connectivity index (χ1) is 8.65. The molecule has 0 unspecified atom stereocenters. The second-order valence-electron chi connectivity index (χ2n) is 3.45. The minimum Gasteiger partial charge on any atom is -0.459 e. The summed E-state index contributed by atoms with van der Waals surface area (Å²) in [6.45, 7) is 0. The highest BCUT2D eigenvalue weighted by Gasteiger charge is 2.15. The molecule has 0 heterocycles. The van der Waals surface area contributed by atoms with E-state index in [0.29, 0.717) is 5.75 Å². The third-order valence-corrected chi connectivity index (χ3v) is 2.90. The van der Waals surface area contributed by atoms with Crippen molar-refractivity contribution < 1.29 is 17.7 Å². The van der Waals surface area contributed by atoms with Gasteiger partial charge in [0.2, 0.25) is 0 Å². The standard InChI is InChI=1S/C12H10FNO3Si/c13-9-6-7-12(11(14)8-9)17-18(15)16-10-4-2-1-3-5-10/h1-8H,14H2. The van der Waals surface area contributed by atoms with E-state index in [-0.39, 0.29) is 11.4 Å². The van der Waals surface area contributed by atoms with Crippen LogP contribution in [0.1, 0.15) is 0 Å². The van der Waals surface area contributed by atoms with E-state index >= 15 is 0 Å². The summed E-state index contributed by atoms with van der Waals surface area (Å²) in [7, 11) is -2.78. The fourth-order valence-electron chi connectivity index (χ4n) is 1.31. The zero-order valence-corrected chi connectivity index (χ0v) is 10.3. The number of hydrogen-bond donors (Lipinski definition) is 1. The maximum Gasteiger partial charge on any atom is 0.778 e. The fourth-order valence-corrected chi connectivity index (χ4v) is 2.04. The van der Waals surface area contributed by atoms with Crippen molar-refractivity contribution in [2.24, 2.45) is 0 Å². The molecule has 2 N–H and O–H groups in total. The summed E-state index contributed by atoms with van der Waals surface area (Å²) < 4.78 is 34.5. The van der Waals surface area contributed by atoms with Crippen molar-refractivity contribution in [1.29, 1.82) is 0 Å². The first kappa shape index (κ1) is 12.2. The highest BCUT2D eigenvalue weighted by atomic mass is 28.3. The third-order valence-electron chi connectivity index (χ3n) is 2.11. The van der Waals surface area contributed by atoms with Gasteiger partial charge in [0.1, 0.15) is 17.3 Å². The average molecular weight is 263 g/mol. The molecule has 6 heteroatoms. The Labute approximate surface area is 105 Å². The molecule has 0 aliphatic carbocycles. The SMILES string of the molecule is Nc1cc(F)ccc1O[Si](=O)Oc1ccccc1. The number of anilines is 1. The van der Waals surface area contributed by atoms with E-state index in [0.717, 1.165) is 6.07 Å². The monoisotopic (exact) mass is 263 g/mol. The number of halogens is 1. The third kappa shape index (κ3) is 3.14. The van der Waals surface area contributed by atoms with Crippen molar-refractivity contribution in [1.82, 2.24) is 0 Å². The molecule has 0 atom stereocenters. The molecule has 0 aromatic heterocycles. The Morgan fingerprint density at radius 1 is 1.06 bits per heavy atom. The molecule has 0 fully saturated rings. The van der Waals surface area contributed by atoms with Crippen molar-refractivity contribution in [2.75, 3.05) is 5.73 Å². The van der Waals surface area contributed by atoms with E-state index in [1.54, 1.807) is 24.3 Å². The van der Waals surface area contributed by atoms with Crippen LogP contribution >= 0.6 is 0 Å². The van der Waals surface area contributed by atoms with Crippen molar-refractivity contribution in [3.8, 4) is 11.5 Å². The molecule has 2 aromatic rings. The van der Waals surface area contributed by atoms with E-state index in [2.05, 4.69) is 0 Å². The van der Waals surface area contributed by atoms with Crippen LogP contribution in [-0.4, -0.2) is 9.17 Å². The predicted octanol–water partition coefficient (Wildman–Crippen LogP) is 2.28. The Kier molecular flexibility index (Phi) is 3.68. The predicted molar refractivity (Wildman–Crippen MR) is 65.0 cm³/mol. The number of rotatable bonds is 4. The second-order valence-corrected chi connectivity index (χ2v) is 4.36. The van der Waals surface area contributed by atoms with Gasteiger partial charge in [0.05, 0.1) is 5.69 Å². The average Bonchev–Trinajstić information content (AvgIpc) is 2.34. The number of nitrogens with two attached hydrogens (primary N) is 1. The normalized spacial score (nSPS) is 9.83. The van der Waals surface area contributed by atoms with Gasteiger partial charge in [0.15, 0.2) is 0 Å². The molecule has 0 saturated carbocycles. The molecule has 2 aromatic carbocycles. The molecule has 92 valence electrons. The molecule has 0 bridgehead atoms. The van der Waals surface area contributed by atoms with Gasteiger partial charge in [-0.15, -0.1) is 0 Å². The Morgan fingerprint density at radius 3 is 2.44 bits per heavy atom. The van der Waals surface area contributed by atoms with Crippen LogP contribution in [0.2, 0.25) is 0 Å². The van der Waals surface area contributed by atoms with Crippen LogP contribution in [0.3, 0.4) is 0 Å². The smallest absolute Gasteiger partial charge is 0.459 e. The van der Waals surface area contributed by atoms with Gasteiger partial charge in [-0.2, -0.15) is 0 Å². The van der Waals surface area contributed by atoms with Crippen molar-refractivity contribution in [2.45, 2.75) is 0 Å². The lowest BCUT2D eigenvalue weighted by Gasteiger charge is -2.07. The minimum atomic E-state index is -2.78. The van der Waals surface area contributed by atoms with Crippen molar-refractivity contribution in [3.05, 3.63) is 54.3 Å². The summed E-state index contributed by atoms with van der Waals surface area (Å²) in [5.74, 6) is 0.0850. The molecule has 0 aliphatic heterocycles. The Hall–Kier alpha value is -2.21. The first-order valence-electron chi connectivity index (χ1n) is 5.15. The number of benzene rings is 2. The topological polar surface area (TPSA) is 61.5 Å². The minimum absolute atomic E-state index is 0.0741. The summed E-state index contributed by atoms with van der Waals surface area (Å²) in [6, 6.07) is 12.2. The van der Waals surface area contributed by atoms with Gasteiger partial charge < -0.3 is 14.6 Å². The van der Waals surface area contributed by atoms with E-state index < -0.39 is 15.0 Å². The van der Waals surface area contributed by atoms with Crippen LogP contribution < -0.4 is 14.6 Å². The molecular formula is C12H10FNO3Si. The molecule has 18 heavy (non-hydrogen) atoms. The van der Waals surface area contributed by atoms with Crippen LogP contribution in [0.4, 0.5) is 10.1 Å². The maximum absolute atomic E-state index is 12.8. The van der Waals surface area contributed by atoms with Crippen LogP contribution in [-0.2, 0) is 4.46 Å². The van der Waals surface area contributed by atoms with Crippen LogP contribution in [0.15, 0.2) is 48.5 Å². The second kappa shape index (κ2) is 5.41. The summed E-state index contributed by atoms with van der Waals surface area (Å²) in [4.78, 5) is 0. The van der Waals surface area contributed by atoms with Gasteiger partial charge in [0, 0.05) is 6.07 Å². The van der Waals surface area contributed by atoms with Crippen LogP contribution in [0, 0.1) is 5.82 Å². The Morgan fingerprint density at radius 2 is 1.78 bits per heavy atom. The van der Waals surface area contributed by atoms with Gasteiger partial charge in [-0.25, -0.2) is 4.39 Å². The lowest BCUT2D eigenvalue weighted by atomic mass is 10.3. The van der Waals surface area contributed by atoms with Crippen molar-refractivity contribution in [3.63, 3.8) is 0 Å². The van der Waals surface area contributed by atoms with Gasteiger partial charge in [-0.1, -0.05) is 18.2 Å². The Balaban J connectivity index is 2.03. The molecule has 0 spiro atoms. The largest absolute Gasteiger partial charge is 0.778 e. The quantitative estimate of drug-likeness (QED) is 0.679. The highest BCUT2D eigenvalue weighted by molar-refractivity contribution is 6.28. The van der Waals surface area contributed by atoms with E-state index in [1.165, 1.54) is 12.1 Å². The zero-order valence-electron chi connectivity index (χ0n) is 9.30. The molecule has 2 rings (SSSR count). The van der Waals surface area contributed by atoms with Crippen LogP contribution in [0.25, 0.3) is 0 Å². The first-order valence-corrected chi connectivity index (χ1v) is 6.37. The van der Waals surface area contributed by atoms with Gasteiger partial charge in [-0.05, 0) is 24.3 Å². The summed E-state index contributed by atoms with van der Waals surface area (Å²) in [5.41, 5.74) is 5.59. The number of nitrogen functional groups attached to an aromatic ring is 1. The maximum atomic E-state index is 12.8.